The van der Waals surface area contributed by atoms with Gasteiger partial charge in [0, 0.05) is 5.02 Å². The van der Waals surface area contributed by atoms with Crippen LogP contribution in [0.25, 0.3) is 0 Å². The molecule has 2 aromatic carbocycles. The molecule has 0 saturated carbocycles. The van der Waals surface area contributed by atoms with Gasteiger partial charge in [-0.25, -0.2) is 12.8 Å². The van der Waals surface area contributed by atoms with Crippen LogP contribution in [0.5, 0.6) is 0 Å². The molecule has 0 atom stereocenters. The van der Waals surface area contributed by atoms with Crippen LogP contribution in [0, 0.1) is 5.82 Å². The summed E-state index contributed by atoms with van der Waals surface area (Å²) < 4.78 is 39.8. The van der Waals surface area contributed by atoms with Crippen LogP contribution in [0.1, 0.15) is 0 Å². The second-order valence-corrected chi connectivity index (χ2v) is 6.41. The van der Waals surface area contributed by atoms with Crippen LogP contribution in [0.3, 0.4) is 0 Å². The second kappa shape index (κ2) is 5.47. The number of rotatable bonds is 3. The Hall–Kier alpha value is -1.50. The monoisotopic (exact) mass is 334 g/mol. The van der Waals surface area contributed by atoms with E-state index in [0.717, 1.165) is 6.07 Å². The van der Waals surface area contributed by atoms with Crippen molar-refractivity contribution in [3.63, 3.8) is 0 Å². The van der Waals surface area contributed by atoms with Crippen LogP contribution in [-0.4, -0.2) is 8.42 Å². The molecule has 3 N–H and O–H groups in total. The molecular formula is C12H9Cl2FN2O2S. The molecule has 0 saturated heterocycles. The third kappa shape index (κ3) is 3.15. The number of nitrogens with two attached hydrogens (primary N) is 1. The molecule has 0 spiro atoms. The summed E-state index contributed by atoms with van der Waals surface area (Å²) >= 11 is 11.3. The Morgan fingerprint density at radius 3 is 2.45 bits per heavy atom. The minimum absolute atomic E-state index is 0.0336. The van der Waals surface area contributed by atoms with Crippen molar-refractivity contribution < 1.29 is 12.8 Å². The topological polar surface area (TPSA) is 72.2 Å². The van der Waals surface area contributed by atoms with Crippen molar-refractivity contribution >= 4 is 44.6 Å². The van der Waals surface area contributed by atoms with Crippen LogP contribution in [0.2, 0.25) is 10.0 Å². The molecule has 0 amide bonds. The van der Waals surface area contributed by atoms with Crippen LogP contribution in [-0.2, 0) is 10.0 Å². The molecule has 4 nitrogen and oxygen atoms in total. The van der Waals surface area contributed by atoms with Crippen LogP contribution in [0.4, 0.5) is 15.8 Å². The quantitative estimate of drug-likeness (QED) is 0.843. The average Bonchev–Trinajstić information content (AvgIpc) is 2.36. The molecule has 0 aliphatic carbocycles. The molecule has 8 heteroatoms. The summed E-state index contributed by atoms with van der Waals surface area (Å²) in [7, 11) is -3.97. The molecule has 106 valence electrons. The maximum Gasteiger partial charge on any atom is 0.263 e. The Morgan fingerprint density at radius 1 is 1.10 bits per heavy atom. The maximum atomic E-state index is 13.3. The van der Waals surface area contributed by atoms with Crippen molar-refractivity contribution in [1.29, 1.82) is 0 Å². The lowest BCUT2D eigenvalue weighted by Gasteiger charge is -2.10. The first-order valence-electron chi connectivity index (χ1n) is 5.32. The minimum atomic E-state index is -3.97. The molecule has 20 heavy (non-hydrogen) atoms. The lowest BCUT2D eigenvalue weighted by atomic mass is 10.3. The summed E-state index contributed by atoms with van der Waals surface area (Å²) in [6.45, 7) is 0. The summed E-state index contributed by atoms with van der Waals surface area (Å²) in [5.41, 5.74) is 5.68. The van der Waals surface area contributed by atoms with Crippen molar-refractivity contribution in [1.82, 2.24) is 0 Å². The SMILES string of the molecule is Nc1ccc(Cl)cc1S(=O)(=O)Nc1ccc(Cl)c(F)c1. The molecule has 0 aliphatic heterocycles. The lowest BCUT2D eigenvalue weighted by Crippen LogP contribution is -2.15. The Morgan fingerprint density at radius 2 is 1.80 bits per heavy atom. The van der Waals surface area contributed by atoms with Gasteiger partial charge in [-0.05, 0) is 36.4 Å². The number of halogens is 3. The van der Waals surface area contributed by atoms with Gasteiger partial charge in [-0.15, -0.1) is 0 Å². The number of sulfonamides is 1. The molecule has 0 aliphatic rings. The van der Waals surface area contributed by atoms with Gasteiger partial charge in [0.05, 0.1) is 16.4 Å². The van der Waals surface area contributed by atoms with Gasteiger partial charge in [-0.3, -0.25) is 4.72 Å². The second-order valence-electron chi connectivity index (χ2n) is 3.92. The molecule has 0 aromatic heterocycles. The van der Waals surface area contributed by atoms with Crippen LogP contribution >= 0.6 is 23.2 Å². The Balaban J connectivity index is 2.40. The lowest BCUT2D eigenvalue weighted by molar-refractivity contribution is 0.601. The number of benzene rings is 2. The fourth-order valence-corrected chi connectivity index (χ4v) is 3.07. The third-order valence-electron chi connectivity index (χ3n) is 2.44. The van der Waals surface area contributed by atoms with E-state index in [0.29, 0.717) is 0 Å². The molecule has 2 rings (SSSR count). The highest BCUT2D eigenvalue weighted by Gasteiger charge is 2.18. The first-order valence-corrected chi connectivity index (χ1v) is 7.56. The molecule has 0 radical (unpaired) electrons. The summed E-state index contributed by atoms with van der Waals surface area (Å²) in [5.74, 6) is -0.731. The number of hydrogen-bond donors (Lipinski definition) is 2. The molecule has 0 bridgehead atoms. The largest absolute Gasteiger partial charge is 0.398 e. The highest BCUT2D eigenvalue weighted by Crippen LogP contribution is 2.26. The van der Waals surface area contributed by atoms with Gasteiger partial charge in [0.25, 0.3) is 10.0 Å². The fourth-order valence-electron chi connectivity index (χ4n) is 1.51. The Labute approximate surface area is 125 Å². The van der Waals surface area contributed by atoms with Crippen molar-refractivity contribution in [2.75, 3.05) is 10.5 Å². The summed E-state index contributed by atoms with van der Waals surface area (Å²) in [6.07, 6.45) is 0. The van der Waals surface area contributed by atoms with Crippen molar-refractivity contribution in [2.24, 2.45) is 0 Å². The zero-order chi connectivity index (χ0) is 14.9. The number of nitrogens with one attached hydrogen (secondary N) is 1. The Bertz CT molecular complexity index is 766. The van der Waals surface area contributed by atoms with E-state index in [2.05, 4.69) is 4.72 Å². The van der Waals surface area contributed by atoms with Gasteiger partial charge in [-0.2, -0.15) is 0 Å². The normalized spacial score (nSPS) is 11.3. The Kier molecular flexibility index (Phi) is 4.08. The summed E-state index contributed by atoms with van der Waals surface area (Å²) in [6, 6.07) is 7.61. The highest BCUT2D eigenvalue weighted by atomic mass is 35.5. The predicted octanol–water partition coefficient (Wildman–Crippen LogP) is 3.52. The zero-order valence-corrected chi connectivity index (χ0v) is 12.2. The van der Waals surface area contributed by atoms with E-state index in [-0.39, 0.29) is 26.3 Å². The van der Waals surface area contributed by atoms with E-state index in [9.17, 15) is 12.8 Å². The van der Waals surface area contributed by atoms with E-state index in [1.54, 1.807) is 0 Å². The van der Waals surface area contributed by atoms with E-state index >= 15 is 0 Å². The highest BCUT2D eigenvalue weighted by molar-refractivity contribution is 7.92. The average molecular weight is 335 g/mol. The van der Waals surface area contributed by atoms with Crippen molar-refractivity contribution in [3.8, 4) is 0 Å². The molecule has 0 fully saturated rings. The van der Waals surface area contributed by atoms with Gasteiger partial charge in [-0.1, -0.05) is 23.2 Å². The molecular weight excluding hydrogens is 326 g/mol. The first kappa shape index (κ1) is 14.9. The number of hydrogen-bond acceptors (Lipinski definition) is 3. The minimum Gasteiger partial charge on any atom is -0.398 e. The molecule has 2 aromatic rings. The zero-order valence-electron chi connectivity index (χ0n) is 9.90. The van der Waals surface area contributed by atoms with Crippen molar-refractivity contribution in [3.05, 3.63) is 52.3 Å². The predicted molar refractivity (Wildman–Crippen MR) is 78.1 cm³/mol. The first-order chi connectivity index (χ1) is 9.29. The van der Waals surface area contributed by atoms with Gasteiger partial charge in [0.15, 0.2) is 0 Å². The van der Waals surface area contributed by atoms with Crippen LogP contribution in [0.15, 0.2) is 41.3 Å². The smallest absolute Gasteiger partial charge is 0.263 e. The van der Waals surface area contributed by atoms with E-state index < -0.39 is 15.8 Å². The van der Waals surface area contributed by atoms with Crippen molar-refractivity contribution in [2.45, 2.75) is 4.90 Å². The summed E-state index contributed by atoms with van der Waals surface area (Å²) in [5, 5.41) is 0.122. The molecule has 0 unspecified atom stereocenters. The maximum absolute atomic E-state index is 13.3. The molecule has 0 heterocycles. The van der Waals surface area contributed by atoms with E-state index in [1.807, 2.05) is 0 Å². The van der Waals surface area contributed by atoms with Gasteiger partial charge < -0.3 is 5.73 Å². The van der Waals surface area contributed by atoms with Gasteiger partial charge in [0.1, 0.15) is 10.7 Å². The fraction of sp³-hybridized carbons (Fsp3) is 0. The van der Waals surface area contributed by atoms with Gasteiger partial charge >= 0.3 is 0 Å². The van der Waals surface area contributed by atoms with E-state index in [1.165, 1.54) is 30.3 Å². The van der Waals surface area contributed by atoms with Crippen LogP contribution < -0.4 is 10.5 Å². The van der Waals surface area contributed by atoms with E-state index in [4.69, 9.17) is 28.9 Å². The summed E-state index contributed by atoms with van der Waals surface area (Å²) in [4.78, 5) is -0.180. The standard InChI is InChI=1S/C12H9Cl2FN2O2S/c13-7-1-4-11(16)12(5-7)20(18,19)17-8-2-3-9(14)10(15)6-8/h1-6,17H,16H2. The van der Waals surface area contributed by atoms with Gasteiger partial charge in [0.2, 0.25) is 0 Å². The number of nitrogen functional groups attached to an aromatic ring is 1. The number of anilines is 2. The third-order valence-corrected chi connectivity index (χ3v) is 4.42.